The third-order valence-electron chi connectivity index (χ3n) is 3.50. The highest BCUT2D eigenvalue weighted by molar-refractivity contribution is 8.06. The van der Waals surface area contributed by atoms with Gasteiger partial charge < -0.3 is 5.32 Å². The van der Waals surface area contributed by atoms with Crippen molar-refractivity contribution < 1.29 is 0 Å². The molecule has 1 aliphatic rings. The van der Waals surface area contributed by atoms with Gasteiger partial charge in [-0.25, -0.2) is 0 Å². The van der Waals surface area contributed by atoms with Crippen molar-refractivity contribution in [2.24, 2.45) is 0 Å². The maximum atomic E-state index is 4.60. The van der Waals surface area contributed by atoms with E-state index >= 15 is 0 Å². The molecule has 1 fully saturated rings. The van der Waals surface area contributed by atoms with Crippen LogP contribution >= 0.6 is 23.5 Å². The van der Waals surface area contributed by atoms with E-state index in [1.54, 1.807) is 0 Å². The average Bonchev–Trinajstić information content (AvgIpc) is 2.48. The standard InChI is InChI=1S/C16H20N2S2/c1-12-8-13(15-4-2-3-5-16(15)18-12)9-17-10-14-11-19-6-7-20-14/h2-5,8,14,17H,6-7,9-11H2,1H3. The predicted molar refractivity (Wildman–Crippen MR) is 91.8 cm³/mol. The molecule has 106 valence electrons. The van der Waals surface area contributed by atoms with Crippen LogP contribution in [0.2, 0.25) is 0 Å². The number of pyridine rings is 1. The lowest BCUT2D eigenvalue weighted by molar-refractivity contribution is 0.688. The summed E-state index contributed by atoms with van der Waals surface area (Å²) in [5, 5.41) is 5.67. The number of nitrogens with one attached hydrogen (secondary N) is 1. The number of rotatable bonds is 4. The fraction of sp³-hybridized carbons (Fsp3) is 0.438. The maximum Gasteiger partial charge on any atom is 0.0708 e. The largest absolute Gasteiger partial charge is 0.312 e. The number of benzene rings is 1. The molecule has 0 saturated carbocycles. The number of nitrogens with zero attached hydrogens (tertiary/aromatic N) is 1. The Hall–Kier alpha value is -0.710. The van der Waals surface area contributed by atoms with Crippen molar-refractivity contribution >= 4 is 34.4 Å². The normalized spacial score (nSPS) is 19.4. The molecule has 2 aromatic rings. The van der Waals surface area contributed by atoms with Crippen LogP contribution in [0.5, 0.6) is 0 Å². The van der Waals surface area contributed by atoms with Gasteiger partial charge in [-0.2, -0.15) is 23.5 Å². The molecule has 1 N–H and O–H groups in total. The Kier molecular flexibility index (Phi) is 4.86. The molecule has 1 aliphatic heterocycles. The summed E-state index contributed by atoms with van der Waals surface area (Å²) >= 11 is 4.19. The summed E-state index contributed by atoms with van der Waals surface area (Å²) in [6.45, 7) is 4.11. The first-order valence-corrected chi connectivity index (χ1v) is 9.28. The van der Waals surface area contributed by atoms with E-state index < -0.39 is 0 Å². The first-order valence-electron chi connectivity index (χ1n) is 7.08. The van der Waals surface area contributed by atoms with Gasteiger partial charge in [0.15, 0.2) is 0 Å². The van der Waals surface area contributed by atoms with Crippen LogP contribution in [0.4, 0.5) is 0 Å². The van der Waals surface area contributed by atoms with Crippen LogP contribution in [-0.2, 0) is 6.54 Å². The van der Waals surface area contributed by atoms with Gasteiger partial charge in [-0.1, -0.05) is 18.2 Å². The highest BCUT2D eigenvalue weighted by atomic mass is 32.2. The molecule has 0 amide bonds. The highest BCUT2D eigenvalue weighted by Gasteiger charge is 2.13. The zero-order valence-corrected chi connectivity index (χ0v) is 13.4. The Labute approximate surface area is 129 Å². The maximum absolute atomic E-state index is 4.60. The second-order valence-electron chi connectivity index (χ2n) is 5.14. The molecule has 0 aliphatic carbocycles. The quantitative estimate of drug-likeness (QED) is 0.935. The molecule has 0 bridgehead atoms. The molecular weight excluding hydrogens is 284 g/mol. The molecule has 0 radical (unpaired) electrons. The lowest BCUT2D eigenvalue weighted by Gasteiger charge is -2.21. The van der Waals surface area contributed by atoms with Gasteiger partial charge in [0.05, 0.1) is 5.52 Å². The summed E-state index contributed by atoms with van der Waals surface area (Å²) in [6.07, 6.45) is 0. The van der Waals surface area contributed by atoms with Crippen LogP contribution in [-0.4, -0.2) is 34.0 Å². The fourth-order valence-corrected chi connectivity index (χ4v) is 5.21. The van der Waals surface area contributed by atoms with Gasteiger partial charge in [-0.05, 0) is 24.6 Å². The van der Waals surface area contributed by atoms with Crippen LogP contribution < -0.4 is 5.32 Å². The second-order valence-corrected chi connectivity index (χ2v) is 7.70. The van der Waals surface area contributed by atoms with Crippen molar-refractivity contribution in [1.29, 1.82) is 0 Å². The van der Waals surface area contributed by atoms with Crippen molar-refractivity contribution in [2.45, 2.75) is 18.7 Å². The topological polar surface area (TPSA) is 24.9 Å². The molecule has 2 nitrogen and oxygen atoms in total. The summed E-state index contributed by atoms with van der Waals surface area (Å²) in [6, 6.07) is 10.6. The highest BCUT2D eigenvalue weighted by Crippen LogP contribution is 2.23. The van der Waals surface area contributed by atoms with Crippen LogP contribution in [0.3, 0.4) is 0 Å². The number of aromatic nitrogens is 1. The van der Waals surface area contributed by atoms with E-state index in [2.05, 4.69) is 71.1 Å². The molecule has 3 rings (SSSR count). The molecule has 0 spiro atoms. The van der Waals surface area contributed by atoms with Crippen LogP contribution in [0.25, 0.3) is 10.9 Å². The molecule has 2 heterocycles. The third kappa shape index (κ3) is 3.48. The van der Waals surface area contributed by atoms with Gasteiger partial charge in [0.2, 0.25) is 0 Å². The van der Waals surface area contributed by atoms with Gasteiger partial charge >= 0.3 is 0 Å². The van der Waals surface area contributed by atoms with E-state index in [-0.39, 0.29) is 0 Å². The average molecular weight is 304 g/mol. The molecule has 1 aromatic carbocycles. The van der Waals surface area contributed by atoms with E-state index in [4.69, 9.17) is 0 Å². The molecule has 4 heteroatoms. The Bertz CT molecular complexity index is 580. The van der Waals surface area contributed by atoms with Gasteiger partial charge in [-0.15, -0.1) is 0 Å². The first kappa shape index (κ1) is 14.2. The number of hydrogen-bond donors (Lipinski definition) is 1. The number of para-hydroxylation sites is 1. The minimum Gasteiger partial charge on any atom is -0.312 e. The van der Waals surface area contributed by atoms with E-state index in [9.17, 15) is 0 Å². The monoisotopic (exact) mass is 304 g/mol. The third-order valence-corrected chi connectivity index (χ3v) is 6.35. The Morgan fingerprint density at radius 2 is 2.20 bits per heavy atom. The van der Waals surface area contributed by atoms with Crippen molar-refractivity contribution in [1.82, 2.24) is 10.3 Å². The Morgan fingerprint density at radius 3 is 3.05 bits per heavy atom. The van der Waals surface area contributed by atoms with Gasteiger partial charge in [0, 0.05) is 46.7 Å². The zero-order valence-electron chi connectivity index (χ0n) is 11.8. The lowest BCUT2D eigenvalue weighted by Crippen LogP contribution is -2.28. The first-order chi connectivity index (χ1) is 9.83. The van der Waals surface area contributed by atoms with Crippen molar-refractivity contribution in [3.05, 3.63) is 41.6 Å². The summed E-state index contributed by atoms with van der Waals surface area (Å²) in [7, 11) is 0. The van der Waals surface area contributed by atoms with E-state index in [0.717, 1.165) is 29.6 Å². The fourth-order valence-electron chi connectivity index (χ4n) is 2.56. The van der Waals surface area contributed by atoms with E-state index in [1.807, 2.05) is 0 Å². The summed E-state index contributed by atoms with van der Waals surface area (Å²) in [4.78, 5) is 4.60. The molecular formula is C16H20N2S2. The van der Waals surface area contributed by atoms with Gasteiger partial charge in [0.1, 0.15) is 0 Å². The number of aryl methyl sites for hydroxylation is 1. The smallest absolute Gasteiger partial charge is 0.0708 e. The van der Waals surface area contributed by atoms with Gasteiger partial charge in [0.25, 0.3) is 0 Å². The summed E-state index contributed by atoms with van der Waals surface area (Å²) < 4.78 is 0. The molecule has 1 unspecified atom stereocenters. The Morgan fingerprint density at radius 1 is 1.30 bits per heavy atom. The number of hydrogen-bond acceptors (Lipinski definition) is 4. The van der Waals surface area contributed by atoms with Gasteiger partial charge in [-0.3, -0.25) is 4.98 Å². The van der Waals surface area contributed by atoms with Crippen LogP contribution in [0.1, 0.15) is 11.3 Å². The van der Waals surface area contributed by atoms with E-state index in [0.29, 0.717) is 0 Å². The zero-order chi connectivity index (χ0) is 13.8. The molecule has 1 aromatic heterocycles. The molecule has 1 saturated heterocycles. The van der Waals surface area contributed by atoms with Crippen molar-refractivity contribution in [3.8, 4) is 0 Å². The summed E-state index contributed by atoms with van der Waals surface area (Å²) in [5.74, 6) is 3.90. The van der Waals surface area contributed by atoms with Crippen LogP contribution in [0, 0.1) is 6.92 Å². The number of fused-ring (bicyclic) bond motifs is 1. The van der Waals surface area contributed by atoms with Crippen LogP contribution in [0.15, 0.2) is 30.3 Å². The minimum absolute atomic E-state index is 0.767. The SMILES string of the molecule is Cc1cc(CNCC2CSCCS2)c2ccccc2n1. The van der Waals surface area contributed by atoms with E-state index in [1.165, 1.54) is 28.2 Å². The lowest BCUT2D eigenvalue weighted by atomic mass is 10.1. The molecule has 20 heavy (non-hydrogen) atoms. The van der Waals surface area contributed by atoms with Crippen molar-refractivity contribution in [3.63, 3.8) is 0 Å². The minimum atomic E-state index is 0.767. The van der Waals surface area contributed by atoms with Crippen molar-refractivity contribution in [2.75, 3.05) is 23.8 Å². The Balaban J connectivity index is 1.67. The number of thioether (sulfide) groups is 2. The predicted octanol–water partition coefficient (Wildman–Crippen LogP) is 3.48. The second kappa shape index (κ2) is 6.83. The summed E-state index contributed by atoms with van der Waals surface area (Å²) in [5.41, 5.74) is 3.57. The molecule has 1 atom stereocenters.